The topological polar surface area (TPSA) is 88.8 Å². The molecule has 0 amide bonds. The molecule has 0 spiro atoms. The van der Waals surface area contributed by atoms with E-state index in [1.165, 1.54) is 6.33 Å². The Balaban J connectivity index is 2.14. The Morgan fingerprint density at radius 3 is 2.78 bits per heavy atom. The molecular formula is C11H13BrN6. The van der Waals surface area contributed by atoms with Gasteiger partial charge in [0.1, 0.15) is 16.6 Å². The second-order valence-electron chi connectivity index (χ2n) is 3.65. The minimum Gasteiger partial charge on any atom is -0.363 e. The summed E-state index contributed by atoms with van der Waals surface area (Å²) in [5.74, 6) is 6.54. The Bertz CT molecular complexity index is 545. The van der Waals surface area contributed by atoms with Crippen molar-refractivity contribution in [1.29, 1.82) is 0 Å². The Hall–Kier alpha value is -1.73. The normalized spacial score (nSPS) is 10.2. The fourth-order valence-electron chi connectivity index (χ4n) is 1.46. The minimum absolute atomic E-state index is 0.533. The third-order valence-corrected chi connectivity index (χ3v) is 3.22. The van der Waals surface area contributed by atoms with E-state index < -0.39 is 0 Å². The average molecular weight is 309 g/mol. The van der Waals surface area contributed by atoms with E-state index >= 15 is 0 Å². The van der Waals surface area contributed by atoms with Gasteiger partial charge in [-0.05, 0) is 34.5 Å². The Kier molecular flexibility index (Phi) is 4.06. The second kappa shape index (κ2) is 5.74. The van der Waals surface area contributed by atoms with Crippen LogP contribution in [0.3, 0.4) is 0 Å². The molecule has 2 aromatic heterocycles. The van der Waals surface area contributed by atoms with E-state index in [1.54, 1.807) is 6.20 Å². The number of hydrazine groups is 1. The minimum atomic E-state index is 0.533. The van der Waals surface area contributed by atoms with Gasteiger partial charge in [0.05, 0.1) is 12.2 Å². The number of rotatable bonds is 4. The van der Waals surface area contributed by atoms with E-state index in [4.69, 9.17) is 5.84 Å². The molecule has 2 aromatic rings. The predicted molar refractivity (Wildman–Crippen MR) is 73.8 cm³/mol. The van der Waals surface area contributed by atoms with Gasteiger partial charge >= 0.3 is 0 Å². The van der Waals surface area contributed by atoms with Crippen LogP contribution < -0.4 is 16.6 Å². The largest absolute Gasteiger partial charge is 0.363 e. The molecule has 0 fully saturated rings. The summed E-state index contributed by atoms with van der Waals surface area (Å²) in [6.07, 6.45) is 3.21. The number of aromatic nitrogens is 3. The molecule has 0 saturated heterocycles. The molecule has 0 unspecified atom stereocenters. The molecule has 0 radical (unpaired) electrons. The Morgan fingerprint density at radius 1 is 1.28 bits per heavy atom. The van der Waals surface area contributed by atoms with E-state index in [0.29, 0.717) is 22.7 Å². The average Bonchev–Trinajstić information content (AvgIpc) is 2.39. The van der Waals surface area contributed by atoms with E-state index in [9.17, 15) is 0 Å². The summed E-state index contributed by atoms with van der Waals surface area (Å²) in [6, 6.07) is 3.93. The summed E-state index contributed by atoms with van der Waals surface area (Å²) < 4.78 is 0.695. The van der Waals surface area contributed by atoms with Gasteiger partial charge in [0.15, 0.2) is 5.82 Å². The van der Waals surface area contributed by atoms with Gasteiger partial charge in [-0.3, -0.25) is 4.98 Å². The van der Waals surface area contributed by atoms with Crippen molar-refractivity contribution in [2.75, 3.05) is 10.7 Å². The number of nitrogens with two attached hydrogens (primary N) is 1. The van der Waals surface area contributed by atoms with Gasteiger partial charge < -0.3 is 10.7 Å². The van der Waals surface area contributed by atoms with Crippen LogP contribution in [-0.2, 0) is 6.54 Å². The standard InChI is InChI=1S/C11H13BrN6/c1-7-3-2-4-14-8(7)5-15-10-9(12)11(18-13)17-6-16-10/h2-4,6H,5,13H2,1H3,(H2,15,16,17,18). The second-order valence-corrected chi connectivity index (χ2v) is 4.44. The van der Waals surface area contributed by atoms with Crippen LogP contribution in [-0.4, -0.2) is 15.0 Å². The Morgan fingerprint density at radius 2 is 2.06 bits per heavy atom. The van der Waals surface area contributed by atoms with Gasteiger partial charge in [-0.1, -0.05) is 6.07 Å². The van der Waals surface area contributed by atoms with Crippen LogP contribution in [0, 0.1) is 6.92 Å². The van der Waals surface area contributed by atoms with Crippen molar-refractivity contribution in [2.24, 2.45) is 5.84 Å². The van der Waals surface area contributed by atoms with Crippen LogP contribution in [0.25, 0.3) is 0 Å². The van der Waals surface area contributed by atoms with Gasteiger partial charge in [-0.25, -0.2) is 15.8 Å². The first-order chi connectivity index (χ1) is 8.72. The molecule has 2 heterocycles. The van der Waals surface area contributed by atoms with Crippen molar-refractivity contribution in [3.8, 4) is 0 Å². The smallest absolute Gasteiger partial charge is 0.159 e. The van der Waals surface area contributed by atoms with Crippen molar-refractivity contribution < 1.29 is 0 Å². The molecule has 0 saturated carbocycles. The molecule has 0 bridgehead atoms. The maximum atomic E-state index is 5.34. The first-order valence-corrected chi connectivity index (χ1v) is 6.13. The fourth-order valence-corrected chi connectivity index (χ4v) is 1.92. The summed E-state index contributed by atoms with van der Waals surface area (Å²) >= 11 is 3.38. The number of nitrogen functional groups attached to an aromatic ring is 1. The summed E-state index contributed by atoms with van der Waals surface area (Å²) in [5.41, 5.74) is 4.60. The lowest BCUT2D eigenvalue weighted by atomic mass is 10.2. The van der Waals surface area contributed by atoms with Gasteiger partial charge in [-0.2, -0.15) is 0 Å². The van der Waals surface area contributed by atoms with Gasteiger partial charge in [0.2, 0.25) is 0 Å². The number of hydrogen-bond donors (Lipinski definition) is 3. The van der Waals surface area contributed by atoms with Crippen LogP contribution in [0.1, 0.15) is 11.3 Å². The highest BCUT2D eigenvalue weighted by atomic mass is 79.9. The molecule has 0 aliphatic rings. The highest BCUT2D eigenvalue weighted by molar-refractivity contribution is 9.10. The monoisotopic (exact) mass is 308 g/mol. The highest BCUT2D eigenvalue weighted by Gasteiger charge is 2.07. The summed E-state index contributed by atoms with van der Waals surface area (Å²) in [5, 5.41) is 3.19. The van der Waals surface area contributed by atoms with Crippen LogP contribution in [0.15, 0.2) is 29.1 Å². The van der Waals surface area contributed by atoms with Gasteiger partial charge in [0.25, 0.3) is 0 Å². The predicted octanol–water partition coefficient (Wildman–Crippen LogP) is 1.84. The molecule has 0 atom stereocenters. The van der Waals surface area contributed by atoms with Crippen molar-refractivity contribution in [3.63, 3.8) is 0 Å². The van der Waals surface area contributed by atoms with E-state index in [-0.39, 0.29) is 0 Å². The van der Waals surface area contributed by atoms with Crippen molar-refractivity contribution in [3.05, 3.63) is 40.4 Å². The van der Waals surface area contributed by atoms with Crippen LogP contribution in [0.4, 0.5) is 11.6 Å². The molecular weight excluding hydrogens is 296 g/mol. The third-order valence-electron chi connectivity index (χ3n) is 2.47. The summed E-state index contributed by atoms with van der Waals surface area (Å²) in [4.78, 5) is 12.4. The number of nitrogens with one attached hydrogen (secondary N) is 2. The molecule has 6 nitrogen and oxygen atoms in total. The molecule has 0 aliphatic heterocycles. The molecule has 18 heavy (non-hydrogen) atoms. The SMILES string of the molecule is Cc1cccnc1CNc1ncnc(NN)c1Br. The lowest BCUT2D eigenvalue weighted by Gasteiger charge is -2.10. The molecule has 2 rings (SSSR count). The number of aryl methyl sites for hydroxylation is 1. The lowest BCUT2D eigenvalue weighted by Crippen LogP contribution is -2.12. The summed E-state index contributed by atoms with van der Waals surface area (Å²) in [7, 11) is 0. The highest BCUT2D eigenvalue weighted by Crippen LogP contribution is 2.25. The first kappa shape index (κ1) is 12.7. The molecule has 0 aliphatic carbocycles. The third kappa shape index (κ3) is 2.74. The van der Waals surface area contributed by atoms with Crippen LogP contribution >= 0.6 is 15.9 Å². The van der Waals surface area contributed by atoms with E-state index in [1.807, 2.05) is 19.1 Å². The maximum Gasteiger partial charge on any atom is 0.159 e. The quantitative estimate of drug-likeness (QED) is 0.590. The van der Waals surface area contributed by atoms with Gasteiger partial charge in [0, 0.05) is 6.20 Å². The Labute approximate surface area is 113 Å². The van der Waals surface area contributed by atoms with Crippen LogP contribution in [0.5, 0.6) is 0 Å². The lowest BCUT2D eigenvalue weighted by molar-refractivity contribution is 0.994. The summed E-state index contributed by atoms with van der Waals surface area (Å²) in [6.45, 7) is 2.61. The van der Waals surface area contributed by atoms with E-state index in [2.05, 4.69) is 41.6 Å². The number of pyridine rings is 1. The molecule has 7 heteroatoms. The molecule has 94 valence electrons. The zero-order valence-corrected chi connectivity index (χ0v) is 11.4. The molecule has 0 aromatic carbocycles. The van der Waals surface area contributed by atoms with Gasteiger partial charge in [-0.15, -0.1) is 0 Å². The number of anilines is 2. The zero-order valence-electron chi connectivity index (χ0n) is 9.81. The van der Waals surface area contributed by atoms with Crippen LogP contribution in [0.2, 0.25) is 0 Å². The van der Waals surface area contributed by atoms with Crippen molar-refractivity contribution in [2.45, 2.75) is 13.5 Å². The number of halogens is 1. The fraction of sp³-hybridized carbons (Fsp3) is 0.182. The number of hydrogen-bond acceptors (Lipinski definition) is 6. The molecule has 4 N–H and O–H groups in total. The maximum absolute atomic E-state index is 5.34. The zero-order chi connectivity index (χ0) is 13.0. The van der Waals surface area contributed by atoms with Crippen molar-refractivity contribution >= 4 is 27.6 Å². The van der Waals surface area contributed by atoms with E-state index in [0.717, 1.165) is 11.3 Å². The first-order valence-electron chi connectivity index (χ1n) is 5.34. The number of nitrogens with zero attached hydrogens (tertiary/aromatic N) is 3. The van der Waals surface area contributed by atoms with Crippen molar-refractivity contribution in [1.82, 2.24) is 15.0 Å².